The molecule has 0 N–H and O–H groups in total. The molecule has 2 rings (SSSR count). The molecule has 0 unspecified atom stereocenters. The molecule has 0 aliphatic heterocycles. The molecule has 0 aliphatic rings. The third-order valence-electron chi connectivity index (χ3n) is 3.43. The maximum absolute atomic E-state index is 6.02. The maximum atomic E-state index is 6.02. The number of aryl methyl sites for hydroxylation is 1. The zero-order valence-electron chi connectivity index (χ0n) is 12.9. The SMILES string of the molecule is Cc1ccc(OCCc2ccccc2)c(C(C)(C)C)c1. The van der Waals surface area contributed by atoms with Crippen molar-refractivity contribution in [3.63, 3.8) is 0 Å². The second kappa shape index (κ2) is 6.13. The number of hydrogen-bond donors (Lipinski definition) is 0. The lowest BCUT2D eigenvalue weighted by Gasteiger charge is -2.23. The van der Waals surface area contributed by atoms with Crippen LogP contribution >= 0.6 is 0 Å². The van der Waals surface area contributed by atoms with E-state index in [0.29, 0.717) is 0 Å². The van der Waals surface area contributed by atoms with E-state index in [9.17, 15) is 0 Å². The van der Waals surface area contributed by atoms with Gasteiger partial charge in [0.15, 0.2) is 0 Å². The summed E-state index contributed by atoms with van der Waals surface area (Å²) >= 11 is 0. The fourth-order valence-corrected chi connectivity index (χ4v) is 2.28. The van der Waals surface area contributed by atoms with Gasteiger partial charge in [-0.3, -0.25) is 0 Å². The summed E-state index contributed by atoms with van der Waals surface area (Å²) < 4.78 is 6.02. The van der Waals surface area contributed by atoms with Gasteiger partial charge in [0.05, 0.1) is 6.61 Å². The van der Waals surface area contributed by atoms with Crippen molar-refractivity contribution in [1.82, 2.24) is 0 Å². The van der Waals surface area contributed by atoms with E-state index in [2.05, 4.69) is 70.2 Å². The topological polar surface area (TPSA) is 9.23 Å². The van der Waals surface area contributed by atoms with Crippen molar-refractivity contribution in [3.05, 3.63) is 65.2 Å². The third-order valence-corrected chi connectivity index (χ3v) is 3.43. The molecule has 0 amide bonds. The average Bonchev–Trinajstić information content (AvgIpc) is 2.40. The van der Waals surface area contributed by atoms with Gasteiger partial charge in [-0.15, -0.1) is 0 Å². The number of benzene rings is 2. The van der Waals surface area contributed by atoms with Crippen LogP contribution in [0, 0.1) is 6.92 Å². The molecule has 0 bridgehead atoms. The molecule has 0 atom stereocenters. The van der Waals surface area contributed by atoms with Crippen LogP contribution in [0.4, 0.5) is 0 Å². The average molecular weight is 268 g/mol. The van der Waals surface area contributed by atoms with Gasteiger partial charge < -0.3 is 4.74 Å². The van der Waals surface area contributed by atoms with Crippen LogP contribution in [0.2, 0.25) is 0 Å². The number of hydrogen-bond acceptors (Lipinski definition) is 1. The second-order valence-electron chi connectivity index (χ2n) is 6.33. The van der Waals surface area contributed by atoms with E-state index in [1.807, 2.05) is 6.07 Å². The quantitative estimate of drug-likeness (QED) is 0.765. The molecule has 0 saturated heterocycles. The number of rotatable bonds is 4. The van der Waals surface area contributed by atoms with Gasteiger partial charge in [-0.1, -0.05) is 68.8 Å². The Morgan fingerprint density at radius 3 is 2.30 bits per heavy atom. The minimum Gasteiger partial charge on any atom is -0.493 e. The van der Waals surface area contributed by atoms with Crippen molar-refractivity contribution in [1.29, 1.82) is 0 Å². The van der Waals surface area contributed by atoms with Gasteiger partial charge >= 0.3 is 0 Å². The van der Waals surface area contributed by atoms with E-state index in [4.69, 9.17) is 4.74 Å². The molecule has 0 spiro atoms. The number of ether oxygens (including phenoxy) is 1. The molecule has 0 aromatic heterocycles. The first-order valence-corrected chi connectivity index (χ1v) is 7.25. The largest absolute Gasteiger partial charge is 0.493 e. The molecule has 0 fully saturated rings. The van der Waals surface area contributed by atoms with E-state index >= 15 is 0 Å². The van der Waals surface area contributed by atoms with Crippen molar-refractivity contribution >= 4 is 0 Å². The smallest absolute Gasteiger partial charge is 0.123 e. The monoisotopic (exact) mass is 268 g/mol. The van der Waals surface area contributed by atoms with Crippen LogP contribution in [-0.4, -0.2) is 6.61 Å². The van der Waals surface area contributed by atoms with Crippen molar-refractivity contribution in [2.75, 3.05) is 6.61 Å². The fraction of sp³-hybridized carbons (Fsp3) is 0.368. The summed E-state index contributed by atoms with van der Waals surface area (Å²) in [6.45, 7) is 9.53. The van der Waals surface area contributed by atoms with Gasteiger partial charge in [0.1, 0.15) is 5.75 Å². The Kier molecular flexibility index (Phi) is 4.49. The lowest BCUT2D eigenvalue weighted by molar-refractivity contribution is 0.313. The molecular weight excluding hydrogens is 244 g/mol. The maximum Gasteiger partial charge on any atom is 0.123 e. The highest BCUT2D eigenvalue weighted by molar-refractivity contribution is 5.41. The van der Waals surface area contributed by atoms with E-state index < -0.39 is 0 Å². The van der Waals surface area contributed by atoms with Crippen LogP contribution in [-0.2, 0) is 11.8 Å². The summed E-state index contributed by atoms with van der Waals surface area (Å²) in [5.74, 6) is 1.01. The fourth-order valence-electron chi connectivity index (χ4n) is 2.28. The molecule has 20 heavy (non-hydrogen) atoms. The normalized spacial score (nSPS) is 11.4. The molecule has 1 nitrogen and oxygen atoms in total. The summed E-state index contributed by atoms with van der Waals surface area (Å²) in [7, 11) is 0. The van der Waals surface area contributed by atoms with E-state index in [1.165, 1.54) is 16.7 Å². The Morgan fingerprint density at radius 1 is 0.950 bits per heavy atom. The van der Waals surface area contributed by atoms with Gasteiger partial charge in [0.25, 0.3) is 0 Å². The predicted molar refractivity (Wildman–Crippen MR) is 85.5 cm³/mol. The van der Waals surface area contributed by atoms with Crippen LogP contribution in [0.5, 0.6) is 5.75 Å². The summed E-state index contributed by atoms with van der Waals surface area (Å²) in [6, 6.07) is 16.9. The first-order valence-electron chi connectivity index (χ1n) is 7.25. The van der Waals surface area contributed by atoms with E-state index in [1.54, 1.807) is 0 Å². The molecule has 0 radical (unpaired) electrons. The zero-order chi connectivity index (χ0) is 14.6. The Labute approximate surface area is 122 Å². The van der Waals surface area contributed by atoms with E-state index in [0.717, 1.165) is 18.8 Å². The molecule has 0 saturated carbocycles. The molecule has 106 valence electrons. The Hall–Kier alpha value is -1.76. The third kappa shape index (κ3) is 3.86. The lowest BCUT2D eigenvalue weighted by atomic mass is 9.85. The van der Waals surface area contributed by atoms with Crippen molar-refractivity contribution < 1.29 is 4.74 Å². The predicted octanol–water partition coefficient (Wildman–Crippen LogP) is 4.91. The van der Waals surface area contributed by atoms with Crippen LogP contribution in [0.3, 0.4) is 0 Å². The lowest BCUT2D eigenvalue weighted by Crippen LogP contribution is -2.14. The van der Waals surface area contributed by atoms with Gasteiger partial charge in [0.2, 0.25) is 0 Å². The summed E-state index contributed by atoms with van der Waals surface area (Å²) in [6.07, 6.45) is 0.943. The summed E-state index contributed by atoms with van der Waals surface area (Å²) in [4.78, 5) is 0. The van der Waals surface area contributed by atoms with Gasteiger partial charge in [-0.25, -0.2) is 0 Å². The first-order chi connectivity index (χ1) is 9.47. The summed E-state index contributed by atoms with van der Waals surface area (Å²) in [5, 5.41) is 0. The highest BCUT2D eigenvalue weighted by atomic mass is 16.5. The van der Waals surface area contributed by atoms with Crippen molar-refractivity contribution in [3.8, 4) is 5.75 Å². The van der Waals surface area contributed by atoms with Crippen LogP contribution in [0.25, 0.3) is 0 Å². The highest BCUT2D eigenvalue weighted by Gasteiger charge is 2.19. The molecule has 1 heteroatoms. The Bertz CT molecular complexity index is 550. The van der Waals surface area contributed by atoms with Crippen LogP contribution in [0.15, 0.2) is 48.5 Å². The Morgan fingerprint density at radius 2 is 1.65 bits per heavy atom. The first kappa shape index (κ1) is 14.6. The van der Waals surface area contributed by atoms with E-state index in [-0.39, 0.29) is 5.41 Å². The molecule has 0 heterocycles. The van der Waals surface area contributed by atoms with Crippen molar-refractivity contribution in [2.45, 2.75) is 39.5 Å². The van der Waals surface area contributed by atoms with Crippen LogP contribution < -0.4 is 4.74 Å². The minimum atomic E-state index is 0.105. The highest BCUT2D eigenvalue weighted by Crippen LogP contribution is 2.32. The Balaban J connectivity index is 2.06. The molecule has 0 aliphatic carbocycles. The van der Waals surface area contributed by atoms with Gasteiger partial charge in [0, 0.05) is 6.42 Å². The summed E-state index contributed by atoms with van der Waals surface area (Å²) in [5.41, 5.74) is 3.99. The standard InChI is InChI=1S/C19H24O/c1-15-10-11-18(17(14-15)19(2,3)4)20-13-12-16-8-6-5-7-9-16/h5-11,14H,12-13H2,1-4H3. The second-order valence-corrected chi connectivity index (χ2v) is 6.33. The van der Waals surface area contributed by atoms with Gasteiger partial charge in [-0.2, -0.15) is 0 Å². The molecule has 2 aromatic carbocycles. The molecular formula is C19H24O. The van der Waals surface area contributed by atoms with Crippen molar-refractivity contribution in [2.24, 2.45) is 0 Å². The van der Waals surface area contributed by atoms with Crippen LogP contribution in [0.1, 0.15) is 37.5 Å². The molecule has 2 aromatic rings. The zero-order valence-corrected chi connectivity index (χ0v) is 12.9. The van der Waals surface area contributed by atoms with Gasteiger partial charge in [-0.05, 0) is 29.5 Å². The minimum absolute atomic E-state index is 0.105.